The van der Waals surface area contributed by atoms with Crippen molar-refractivity contribution in [2.75, 3.05) is 23.7 Å². The minimum absolute atomic E-state index is 0.0990. The second-order valence-electron chi connectivity index (χ2n) is 7.63. The summed E-state index contributed by atoms with van der Waals surface area (Å²) in [6.07, 6.45) is 1.36. The molecule has 0 saturated heterocycles. The van der Waals surface area contributed by atoms with Crippen LogP contribution >= 0.6 is 23.2 Å². The van der Waals surface area contributed by atoms with Crippen LogP contribution in [0.3, 0.4) is 0 Å². The summed E-state index contributed by atoms with van der Waals surface area (Å²) < 4.78 is 26.1. The Morgan fingerprint density at radius 2 is 1.76 bits per heavy atom. The lowest BCUT2D eigenvalue weighted by atomic mass is 10.1. The molecule has 0 aromatic heterocycles. The summed E-state index contributed by atoms with van der Waals surface area (Å²) in [5, 5.41) is 3.20. The Bertz CT molecular complexity index is 1110. The Balaban J connectivity index is 2.48. The zero-order valence-corrected chi connectivity index (χ0v) is 21.5. The number of sulfonamides is 1. The van der Waals surface area contributed by atoms with Crippen LogP contribution in [0, 0.1) is 6.92 Å². The van der Waals surface area contributed by atoms with Crippen LogP contribution in [-0.2, 0) is 26.2 Å². The third-order valence-corrected chi connectivity index (χ3v) is 6.86. The molecule has 0 aliphatic heterocycles. The monoisotopic (exact) mass is 513 g/mol. The number of carbonyl (C=O) groups excluding carboxylic acids is 2. The van der Waals surface area contributed by atoms with Gasteiger partial charge in [-0.25, -0.2) is 8.42 Å². The molecule has 0 unspecified atom stereocenters. The first-order valence-electron chi connectivity index (χ1n) is 10.5. The van der Waals surface area contributed by atoms with Crippen molar-refractivity contribution in [2.24, 2.45) is 0 Å². The average molecular weight is 514 g/mol. The van der Waals surface area contributed by atoms with Crippen molar-refractivity contribution >= 4 is 50.7 Å². The third-order valence-electron chi connectivity index (χ3n) is 5.20. The fraction of sp³-hybridized carbons (Fsp3) is 0.391. The van der Waals surface area contributed by atoms with Gasteiger partial charge >= 0.3 is 0 Å². The Morgan fingerprint density at radius 1 is 1.09 bits per heavy atom. The topological polar surface area (TPSA) is 86.8 Å². The predicted octanol–water partition coefficient (Wildman–Crippen LogP) is 4.01. The molecule has 180 valence electrons. The van der Waals surface area contributed by atoms with Gasteiger partial charge in [0.05, 0.1) is 17.0 Å². The van der Waals surface area contributed by atoms with E-state index in [0.717, 1.165) is 21.7 Å². The van der Waals surface area contributed by atoms with Gasteiger partial charge in [0.1, 0.15) is 12.6 Å². The number of nitrogens with one attached hydrogen (secondary N) is 1. The maximum Gasteiger partial charge on any atom is 0.244 e. The zero-order chi connectivity index (χ0) is 24.8. The highest BCUT2D eigenvalue weighted by molar-refractivity contribution is 7.92. The molecule has 10 heteroatoms. The molecule has 2 amide bonds. The van der Waals surface area contributed by atoms with Crippen molar-refractivity contribution in [3.05, 3.63) is 63.6 Å². The summed E-state index contributed by atoms with van der Waals surface area (Å²) in [6.45, 7) is 5.59. The Morgan fingerprint density at radius 3 is 2.30 bits per heavy atom. The molecule has 1 N–H and O–H groups in total. The van der Waals surface area contributed by atoms with Crippen molar-refractivity contribution in [3.8, 4) is 0 Å². The number of benzene rings is 2. The number of hydrogen-bond donors (Lipinski definition) is 1. The van der Waals surface area contributed by atoms with E-state index in [2.05, 4.69) is 5.32 Å². The lowest BCUT2D eigenvalue weighted by Crippen LogP contribution is -2.52. The predicted molar refractivity (Wildman–Crippen MR) is 133 cm³/mol. The van der Waals surface area contributed by atoms with Crippen LogP contribution in [0.15, 0.2) is 42.5 Å². The molecule has 2 aromatic carbocycles. The summed E-state index contributed by atoms with van der Waals surface area (Å²) in [6, 6.07) is 11.1. The fourth-order valence-electron chi connectivity index (χ4n) is 3.46. The molecule has 7 nitrogen and oxygen atoms in total. The molecule has 33 heavy (non-hydrogen) atoms. The lowest BCUT2D eigenvalue weighted by Gasteiger charge is -2.33. The number of nitrogens with zero attached hydrogens (tertiary/aromatic N) is 2. The first-order valence-corrected chi connectivity index (χ1v) is 13.1. The highest BCUT2D eigenvalue weighted by atomic mass is 35.5. The lowest BCUT2D eigenvalue weighted by molar-refractivity contribution is -0.140. The van der Waals surface area contributed by atoms with Crippen LogP contribution in [-0.4, -0.2) is 50.5 Å². The Labute approximate surface area is 205 Å². The summed E-state index contributed by atoms with van der Waals surface area (Å²) in [4.78, 5) is 27.7. The molecule has 0 bridgehead atoms. The van der Waals surface area contributed by atoms with E-state index in [0.29, 0.717) is 18.0 Å². The summed E-state index contributed by atoms with van der Waals surface area (Å²) in [5.41, 5.74) is 1.96. The van der Waals surface area contributed by atoms with Crippen LogP contribution in [0.5, 0.6) is 0 Å². The van der Waals surface area contributed by atoms with Crippen LogP contribution < -0.4 is 9.62 Å². The highest BCUT2D eigenvalue weighted by Crippen LogP contribution is 2.30. The van der Waals surface area contributed by atoms with Crippen molar-refractivity contribution in [1.29, 1.82) is 0 Å². The van der Waals surface area contributed by atoms with Gasteiger partial charge in [-0.05, 0) is 49.6 Å². The van der Waals surface area contributed by atoms with E-state index in [9.17, 15) is 18.0 Å². The summed E-state index contributed by atoms with van der Waals surface area (Å²) in [5.74, 6) is -0.815. The standard InChI is InChI=1S/C23H29Cl2N3O4S/c1-5-20(23(30)26-6-2)27(14-17-10-8-7-9-16(17)3)22(29)15-28(33(4,31)32)21-12-11-18(24)13-19(21)25/h7-13,20H,5-6,14-15H2,1-4H3,(H,26,30)/t20-/m0/s1. The molecule has 0 saturated carbocycles. The molecule has 2 aromatic rings. The molecule has 0 fully saturated rings. The van der Waals surface area contributed by atoms with Gasteiger partial charge in [0.25, 0.3) is 0 Å². The molecule has 0 aliphatic carbocycles. The number of likely N-dealkylation sites (N-methyl/N-ethyl adjacent to an activating group) is 1. The van der Waals surface area contributed by atoms with E-state index in [1.165, 1.54) is 23.1 Å². The highest BCUT2D eigenvalue weighted by Gasteiger charge is 2.32. The van der Waals surface area contributed by atoms with Crippen molar-refractivity contribution in [3.63, 3.8) is 0 Å². The molecule has 2 rings (SSSR count). The van der Waals surface area contributed by atoms with Gasteiger partial charge in [0, 0.05) is 18.1 Å². The van der Waals surface area contributed by atoms with Gasteiger partial charge < -0.3 is 10.2 Å². The Kier molecular flexibility index (Phi) is 9.57. The van der Waals surface area contributed by atoms with Crippen LogP contribution in [0.2, 0.25) is 10.0 Å². The normalized spacial score (nSPS) is 12.2. The van der Waals surface area contributed by atoms with Gasteiger partial charge in [0.2, 0.25) is 21.8 Å². The number of anilines is 1. The largest absolute Gasteiger partial charge is 0.355 e. The minimum Gasteiger partial charge on any atom is -0.355 e. The first kappa shape index (κ1) is 27.0. The molecular formula is C23H29Cl2N3O4S. The third kappa shape index (κ3) is 7.09. The molecule has 1 atom stereocenters. The number of halogens is 2. The quantitative estimate of drug-likeness (QED) is 0.519. The second-order valence-corrected chi connectivity index (χ2v) is 10.4. The van der Waals surface area contributed by atoms with E-state index >= 15 is 0 Å². The molecule has 0 radical (unpaired) electrons. The van der Waals surface area contributed by atoms with Crippen molar-refractivity contribution in [2.45, 2.75) is 39.8 Å². The maximum atomic E-state index is 13.5. The van der Waals surface area contributed by atoms with E-state index in [1.807, 2.05) is 38.1 Å². The van der Waals surface area contributed by atoms with Crippen molar-refractivity contribution < 1.29 is 18.0 Å². The van der Waals surface area contributed by atoms with E-state index < -0.39 is 28.5 Å². The molecule has 0 spiro atoms. The number of amides is 2. The van der Waals surface area contributed by atoms with Gasteiger partial charge in [0.15, 0.2) is 0 Å². The smallest absolute Gasteiger partial charge is 0.244 e. The molecule has 0 aliphatic rings. The number of hydrogen-bond acceptors (Lipinski definition) is 4. The maximum absolute atomic E-state index is 13.5. The summed E-state index contributed by atoms with van der Waals surface area (Å²) >= 11 is 12.2. The average Bonchev–Trinajstić information content (AvgIpc) is 2.73. The van der Waals surface area contributed by atoms with E-state index in [1.54, 1.807) is 6.92 Å². The first-order chi connectivity index (χ1) is 15.5. The van der Waals surface area contributed by atoms with Crippen LogP contribution in [0.4, 0.5) is 5.69 Å². The van der Waals surface area contributed by atoms with Crippen LogP contribution in [0.1, 0.15) is 31.4 Å². The van der Waals surface area contributed by atoms with Gasteiger partial charge in [-0.1, -0.05) is 54.4 Å². The van der Waals surface area contributed by atoms with Crippen LogP contribution in [0.25, 0.3) is 0 Å². The zero-order valence-electron chi connectivity index (χ0n) is 19.1. The van der Waals surface area contributed by atoms with E-state index in [-0.39, 0.29) is 23.2 Å². The second kappa shape index (κ2) is 11.7. The number of carbonyl (C=O) groups is 2. The van der Waals surface area contributed by atoms with Gasteiger partial charge in [-0.3, -0.25) is 13.9 Å². The van der Waals surface area contributed by atoms with Crippen molar-refractivity contribution in [1.82, 2.24) is 10.2 Å². The SMILES string of the molecule is CCNC(=O)[C@H](CC)N(Cc1ccccc1C)C(=O)CN(c1ccc(Cl)cc1Cl)S(C)(=O)=O. The number of rotatable bonds is 10. The molecular weight excluding hydrogens is 485 g/mol. The Hall–Kier alpha value is -2.29. The van der Waals surface area contributed by atoms with Gasteiger partial charge in [-0.15, -0.1) is 0 Å². The van der Waals surface area contributed by atoms with Gasteiger partial charge in [-0.2, -0.15) is 0 Å². The van der Waals surface area contributed by atoms with E-state index in [4.69, 9.17) is 23.2 Å². The summed E-state index contributed by atoms with van der Waals surface area (Å²) in [7, 11) is -3.87. The fourth-order valence-corrected chi connectivity index (χ4v) is 4.88. The number of aryl methyl sites for hydroxylation is 1. The minimum atomic E-state index is -3.87. The molecule has 0 heterocycles.